The van der Waals surface area contributed by atoms with Crippen LogP contribution >= 0.6 is 11.6 Å². The van der Waals surface area contributed by atoms with E-state index in [-0.39, 0.29) is 11.7 Å². The maximum atomic E-state index is 13.7. The van der Waals surface area contributed by atoms with Gasteiger partial charge in [-0.3, -0.25) is 0 Å². The van der Waals surface area contributed by atoms with Crippen molar-refractivity contribution in [1.29, 1.82) is 0 Å². The Morgan fingerprint density at radius 3 is 2.15 bits per heavy atom. The van der Waals surface area contributed by atoms with Crippen LogP contribution in [0.15, 0.2) is 24.3 Å². The monoisotopic (exact) mass is 298 g/mol. The van der Waals surface area contributed by atoms with Gasteiger partial charge in [0.2, 0.25) is 0 Å². The minimum atomic E-state index is -0.113. The summed E-state index contributed by atoms with van der Waals surface area (Å²) in [6.07, 6.45) is 11.4. The van der Waals surface area contributed by atoms with Gasteiger partial charge in [0, 0.05) is 11.8 Å². The van der Waals surface area contributed by atoms with Crippen LogP contribution in [0.2, 0.25) is 0 Å². The predicted octanol–water partition coefficient (Wildman–Crippen LogP) is 6.68. The Bertz CT molecular complexity index is 351. The summed E-state index contributed by atoms with van der Waals surface area (Å²) in [7, 11) is 0. The molecule has 0 aromatic heterocycles. The number of alkyl halides is 1. The molecule has 0 spiro atoms. The van der Waals surface area contributed by atoms with Crippen LogP contribution in [0.1, 0.15) is 76.2 Å². The van der Waals surface area contributed by atoms with Crippen molar-refractivity contribution in [1.82, 2.24) is 0 Å². The predicted molar refractivity (Wildman–Crippen MR) is 87.1 cm³/mol. The Morgan fingerprint density at radius 2 is 1.55 bits per heavy atom. The summed E-state index contributed by atoms with van der Waals surface area (Å²) in [5.41, 5.74) is 0.783. The zero-order chi connectivity index (χ0) is 14.6. The van der Waals surface area contributed by atoms with Crippen LogP contribution in [0, 0.1) is 5.82 Å². The van der Waals surface area contributed by atoms with Crippen LogP contribution in [0.25, 0.3) is 0 Å². The minimum absolute atomic E-state index is 0.113. The van der Waals surface area contributed by atoms with Gasteiger partial charge in [0.1, 0.15) is 5.82 Å². The van der Waals surface area contributed by atoms with Crippen LogP contribution in [0.3, 0.4) is 0 Å². The average molecular weight is 299 g/mol. The molecule has 0 aliphatic heterocycles. The van der Waals surface area contributed by atoms with Crippen molar-refractivity contribution in [3.8, 4) is 0 Å². The molecule has 1 atom stereocenters. The molecule has 114 valence electrons. The van der Waals surface area contributed by atoms with Gasteiger partial charge in [-0.15, -0.1) is 11.6 Å². The normalized spacial score (nSPS) is 12.6. The number of unbranched alkanes of at least 4 members (excludes halogenated alkanes) is 7. The van der Waals surface area contributed by atoms with Crippen LogP contribution in [0.4, 0.5) is 4.39 Å². The quantitative estimate of drug-likeness (QED) is 0.316. The molecule has 1 rings (SSSR count). The summed E-state index contributed by atoms with van der Waals surface area (Å²) >= 11 is 6.00. The van der Waals surface area contributed by atoms with Gasteiger partial charge >= 0.3 is 0 Å². The maximum absolute atomic E-state index is 13.7. The molecule has 0 bridgehead atoms. The molecule has 0 saturated heterocycles. The highest BCUT2D eigenvalue weighted by Gasteiger charge is 2.13. The van der Waals surface area contributed by atoms with Crippen molar-refractivity contribution >= 4 is 11.6 Å². The van der Waals surface area contributed by atoms with Crippen molar-refractivity contribution < 1.29 is 4.39 Å². The first-order chi connectivity index (χ1) is 9.79. The molecule has 0 nitrogen and oxygen atoms in total. The lowest BCUT2D eigenvalue weighted by atomic mass is 9.94. The fraction of sp³-hybridized carbons (Fsp3) is 0.667. The lowest BCUT2D eigenvalue weighted by Crippen LogP contribution is -2.03. The van der Waals surface area contributed by atoms with Gasteiger partial charge in [-0.2, -0.15) is 0 Å². The van der Waals surface area contributed by atoms with Gasteiger partial charge < -0.3 is 0 Å². The first-order valence-corrected chi connectivity index (χ1v) is 8.63. The molecule has 0 N–H and O–H groups in total. The first kappa shape index (κ1) is 17.5. The van der Waals surface area contributed by atoms with E-state index in [1.54, 1.807) is 6.07 Å². The highest BCUT2D eigenvalue weighted by molar-refractivity contribution is 6.18. The number of benzene rings is 1. The summed E-state index contributed by atoms with van der Waals surface area (Å²) in [6.45, 7) is 2.25. The van der Waals surface area contributed by atoms with E-state index in [0.29, 0.717) is 5.88 Å². The van der Waals surface area contributed by atoms with Crippen LogP contribution in [0.5, 0.6) is 0 Å². The van der Waals surface area contributed by atoms with E-state index in [0.717, 1.165) is 18.4 Å². The van der Waals surface area contributed by atoms with Crippen molar-refractivity contribution in [3.63, 3.8) is 0 Å². The fourth-order valence-electron chi connectivity index (χ4n) is 2.65. The Balaban J connectivity index is 2.18. The molecular formula is C18H28ClF. The molecule has 0 heterocycles. The second-order valence-electron chi connectivity index (χ2n) is 5.64. The van der Waals surface area contributed by atoms with Crippen LogP contribution in [-0.2, 0) is 0 Å². The van der Waals surface area contributed by atoms with Crippen molar-refractivity contribution in [3.05, 3.63) is 35.6 Å². The molecule has 1 unspecified atom stereocenters. The molecular weight excluding hydrogens is 271 g/mol. The van der Waals surface area contributed by atoms with Gasteiger partial charge in [-0.05, 0) is 18.1 Å². The number of rotatable bonds is 11. The van der Waals surface area contributed by atoms with Crippen molar-refractivity contribution in [2.45, 2.75) is 70.6 Å². The zero-order valence-electron chi connectivity index (χ0n) is 12.7. The van der Waals surface area contributed by atoms with E-state index in [2.05, 4.69) is 6.92 Å². The molecule has 2 heteroatoms. The standard InChI is InChI=1S/C18H28ClF/c1-2-3-4-5-6-7-8-9-12-16(15-19)17-13-10-11-14-18(17)20/h10-11,13-14,16H,2-9,12,15H2,1H3. The zero-order valence-corrected chi connectivity index (χ0v) is 13.5. The summed E-state index contributed by atoms with van der Waals surface area (Å²) in [5.74, 6) is 0.563. The van der Waals surface area contributed by atoms with E-state index in [4.69, 9.17) is 11.6 Å². The maximum Gasteiger partial charge on any atom is 0.126 e. The number of hydrogen-bond donors (Lipinski definition) is 0. The first-order valence-electron chi connectivity index (χ1n) is 8.10. The lowest BCUT2D eigenvalue weighted by Gasteiger charge is -2.15. The second kappa shape index (κ2) is 11.1. The van der Waals surface area contributed by atoms with Crippen LogP contribution in [-0.4, -0.2) is 5.88 Å². The molecule has 0 saturated carbocycles. The third-order valence-electron chi connectivity index (χ3n) is 3.94. The minimum Gasteiger partial charge on any atom is -0.207 e. The van der Waals surface area contributed by atoms with E-state index >= 15 is 0 Å². The topological polar surface area (TPSA) is 0 Å². The average Bonchev–Trinajstić information content (AvgIpc) is 2.47. The smallest absolute Gasteiger partial charge is 0.126 e. The molecule has 0 radical (unpaired) electrons. The Labute approximate surface area is 128 Å². The molecule has 1 aromatic carbocycles. The van der Waals surface area contributed by atoms with Crippen molar-refractivity contribution in [2.24, 2.45) is 0 Å². The van der Waals surface area contributed by atoms with Gasteiger partial charge in [0.25, 0.3) is 0 Å². The Morgan fingerprint density at radius 1 is 0.950 bits per heavy atom. The fourth-order valence-corrected chi connectivity index (χ4v) is 2.97. The summed E-state index contributed by atoms with van der Waals surface area (Å²) in [4.78, 5) is 0. The van der Waals surface area contributed by atoms with Crippen molar-refractivity contribution in [2.75, 3.05) is 5.88 Å². The third-order valence-corrected chi connectivity index (χ3v) is 4.31. The van der Waals surface area contributed by atoms with Crippen LogP contribution < -0.4 is 0 Å². The summed E-state index contributed by atoms with van der Waals surface area (Å²) in [6, 6.07) is 7.03. The van der Waals surface area contributed by atoms with E-state index in [1.807, 2.05) is 12.1 Å². The van der Waals surface area contributed by atoms with Gasteiger partial charge in [0.05, 0.1) is 0 Å². The van der Waals surface area contributed by atoms with E-state index in [9.17, 15) is 4.39 Å². The molecule has 0 aliphatic carbocycles. The highest BCUT2D eigenvalue weighted by Crippen LogP contribution is 2.26. The second-order valence-corrected chi connectivity index (χ2v) is 5.94. The van der Waals surface area contributed by atoms with Gasteiger partial charge in [-0.25, -0.2) is 4.39 Å². The van der Waals surface area contributed by atoms with E-state index < -0.39 is 0 Å². The van der Waals surface area contributed by atoms with E-state index in [1.165, 1.54) is 51.0 Å². The molecule has 20 heavy (non-hydrogen) atoms. The molecule has 1 aromatic rings. The third kappa shape index (κ3) is 6.74. The molecule has 0 fully saturated rings. The SMILES string of the molecule is CCCCCCCCCCC(CCl)c1ccccc1F. The largest absolute Gasteiger partial charge is 0.207 e. The number of hydrogen-bond acceptors (Lipinski definition) is 0. The highest BCUT2D eigenvalue weighted by atomic mass is 35.5. The summed E-state index contributed by atoms with van der Waals surface area (Å²) in [5, 5.41) is 0. The summed E-state index contributed by atoms with van der Waals surface area (Å²) < 4.78 is 13.7. The Kier molecular flexibility index (Phi) is 9.74. The molecule has 0 amide bonds. The van der Waals surface area contributed by atoms with Gasteiger partial charge in [0.15, 0.2) is 0 Å². The number of halogens is 2. The molecule has 0 aliphatic rings. The Hall–Kier alpha value is -0.560. The van der Waals surface area contributed by atoms with Gasteiger partial charge in [-0.1, -0.05) is 76.5 Å². The lowest BCUT2D eigenvalue weighted by molar-refractivity contribution is 0.529.